The summed E-state index contributed by atoms with van der Waals surface area (Å²) in [5.74, 6) is 0.729. The minimum atomic E-state index is 0.602. The summed E-state index contributed by atoms with van der Waals surface area (Å²) in [6.07, 6.45) is 1.22. The van der Waals surface area contributed by atoms with Gasteiger partial charge in [-0.3, -0.25) is 4.90 Å². The molecule has 1 aliphatic rings. The van der Waals surface area contributed by atoms with Gasteiger partial charge in [-0.25, -0.2) is 0 Å². The topological polar surface area (TPSA) is 54.1 Å². The molecule has 1 fully saturated rings. The molecule has 0 N–H and O–H groups in total. The average Bonchev–Trinajstić information content (AvgIpc) is 2.52. The molecule has 0 unspecified atom stereocenters. The first-order valence-electron chi connectivity index (χ1n) is 7.56. The fourth-order valence-corrected chi connectivity index (χ4v) is 2.70. The third-order valence-corrected chi connectivity index (χ3v) is 3.99. The number of rotatable bonds is 4. The van der Waals surface area contributed by atoms with Crippen LogP contribution in [0.5, 0.6) is 0 Å². The largest absolute Gasteiger partial charge is 0.367 e. The Labute approximate surface area is 127 Å². The number of nitriles is 2. The van der Waals surface area contributed by atoms with E-state index in [2.05, 4.69) is 35.8 Å². The number of benzene rings is 1. The number of nitrogens with zero attached hydrogens (tertiary/aromatic N) is 4. The van der Waals surface area contributed by atoms with Crippen LogP contribution in [-0.2, 0) is 0 Å². The third-order valence-electron chi connectivity index (χ3n) is 3.99. The standard InChI is InChI=1S/C17H22N4/c1-14(2)6-7-20-8-10-21(11-9-20)17-15(12-18)4-3-5-16(17)13-19/h3-5,14H,6-11H2,1-2H3. The highest BCUT2D eigenvalue weighted by molar-refractivity contribution is 5.68. The number of para-hydroxylation sites is 1. The van der Waals surface area contributed by atoms with Crippen LogP contribution in [0, 0.1) is 28.6 Å². The van der Waals surface area contributed by atoms with E-state index in [1.54, 1.807) is 18.2 Å². The molecule has 0 radical (unpaired) electrons. The summed E-state index contributed by atoms with van der Waals surface area (Å²) in [4.78, 5) is 4.65. The Kier molecular flexibility index (Phi) is 5.20. The quantitative estimate of drug-likeness (QED) is 0.852. The van der Waals surface area contributed by atoms with Crippen LogP contribution in [0.3, 0.4) is 0 Å². The van der Waals surface area contributed by atoms with Crippen LogP contribution in [-0.4, -0.2) is 37.6 Å². The summed E-state index contributed by atoms with van der Waals surface area (Å²) in [5.41, 5.74) is 2.01. The Morgan fingerprint density at radius 1 is 1.05 bits per heavy atom. The minimum Gasteiger partial charge on any atom is -0.367 e. The number of anilines is 1. The van der Waals surface area contributed by atoms with Crippen LogP contribution < -0.4 is 4.90 Å². The van der Waals surface area contributed by atoms with E-state index in [9.17, 15) is 10.5 Å². The molecule has 21 heavy (non-hydrogen) atoms. The lowest BCUT2D eigenvalue weighted by Crippen LogP contribution is -2.47. The molecule has 2 rings (SSSR count). The Balaban J connectivity index is 2.06. The summed E-state index contributed by atoms with van der Waals surface area (Å²) in [5, 5.41) is 18.5. The second kappa shape index (κ2) is 7.11. The van der Waals surface area contributed by atoms with Crippen molar-refractivity contribution in [2.75, 3.05) is 37.6 Å². The molecule has 110 valence electrons. The summed E-state index contributed by atoms with van der Waals surface area (Å²) >= 11 is 0. The highest BCUT2D eigenvalue weighted by atomic mass is 15.3. The molecule has 0 bridgehead atoms. The lowest BCUT2D eigenvalue weighted by Gasteiger charge is -2.37. The monoisotopic (exact) mass is 282 g/mol. The fraction of sp³-hybridized carbons (Fsp3) is 0.529. The highest BCUT2D eigenvalue weighted by Crippen LogP contribution is 2.26. The summed E-state index contributed by atoms with van der Waals surface area (Å²) in [6.45, 7) is 9.39. The summed E-state index contributed by atoms with van der Waals surface area (Å²) in [7, 11) is 0. The van der Waals surface area contributed by atoms with E-state index < -0.39 is 0 Å². The van der Waals surface area contributed by atoms with Gasteiger partial charge in [0, 0.05) is 26.2 Å². The highest BCUT2D eigenvalue weighted by Gasteiger charge is 2.21. The first kappa shape index (κ1) is 15.4. The molecule has 0 aliphatic carbocycles. The van der Waals surface area contributed by atoms with Gasteiger partial charge in [0.15, 0.2) is 0 Å². The predicted octanol–water partition coefficient (Wildman–Crippen LogP) is 2.60. The zero-order valence-corrected chi connectivity index (χ0v) is 12.8. The molecule has 1 heterocycles. The minimum absolute atomic E-state index is 0.602. The van der Waals surface area contributed by atoms with Crippen LogP contribution in [0.1, 0.15) is 31.4 Å². The van der Waals surface area contributed by atoms with Gasteiger partial charge in [-0.2, -0.15) is 10.5 Å². The molecule has 0 aromatic heterocycles. The molecule has 0 saturated carbocycles. The van der Waals surface area contributed by atoms with Gasteiger partial charge in [-0.1, -0.05) is 19.9 Å². The molecule has 0 amide bonds. The van der Waals surface area contributed by atoms with E-state index in [-0.39, 0.29) is 0 Å². The number of piperazine rings is 1. The van der Waals surface area contributed by atoms with Gasteiger partial charge in [0.25, 0.3) is 0 Å². The molecule has 0 spiro atoms. The van der Waals surface area contributed by atoms with Crippen molar-refractivity contribution < 1.29 is 0 Å². The van der Waals surface area contributed by atoms with Crippen molar-refractivity contribution in [1.82, 2.24) is 4.90 Å². The van der Waals surface area contributed by atoms with Crippen molar-refractivity contribution in [3.63, 3.8) is 0 Å². The van der Waals surface area contributed by atoms with Crippen molar-refractivity contribution >= 4 is 5.69 Å². The zero-order chi connectivity index (χ0) is 15.2. The van der Waals surface area contributed by atoms with Gasteiger partial charge in [0.05, 0.1) is 16.8 Å². The van der Waals surface area contributed by atoms with Crippen LogP contribution in [0.15, 0.2) is 18.2 Å². The predicted molar refractivity (Wildman–Crippen MR) is 84.0 cm³/mol. The van der Waals surface area contributed by atoms with Crippen LogP contribution in [0.4, 0.5) is 5.69 Å². The second-order valence-electron chi connectivity index (χ2n) is 5.94. The van der Waals surface area contributed by atoms with Gasteiger partial charge >= 0.3 is 0 Å². The van der Waals surface area contributed by atoms with E-state index in [1.165, 1.54) is 6.42 Å². The zero-order valence-electron chi connectivity index (χ0n) is 12.8. The molecule has 1 aromatic carbocycles. The first-order chi connectivity index (χ1) is 10.2. The van der Waals surface area contributed by atoms with Crippen molar-refractivity contribution in [2.24, 2.45) is 5.92 Å². The van der Waals surface area contributed by atoms with E-state index >= 15 is 0 Å². The lowest BCUT2D eigenvalue weighted by molar-refractivity contribution is 0.243. The Hall–Kier alpha value is -2.04. The van der Waals surface area contributed by atoms with Gasteiger partial charge in [0.1, 0.15) is 12.1 Å². The molecule has 1 aromatic rings. The van der Waals surface area contributed by atoms with Crippen molar-refractivity contribution in [3.05, 3.63) is 29.3 Å². The van der Waals surface area contributed by atoms with E-state index in [0.717, 1.165) is 44.3 Å². The maximum Gasteiger partial charge on any atom is 0.101 e. The Morgan fingerprint density at radius 2 is 1.62 bits per heavy atom. The summed E-state index contributed by atoms with van der Waals surface area (Å²) in [6, 6.07) is 9.79. The molecule has 0 atom stereocenters. The number of hydrogen-bond acceptors (Lipinski definition) is 4. The van der Waals surface area contributed by atoms with Crippen molar-refractivity contribution in [3.8, 4) is 12.1 Å². The first-order valence-corrected chi connectivity index (χ1v) is 7.56. The molecule has 1 aliphatic heterocycles. The Morgan fingerprint density at radius 3 is 2.10 bits per heavy atom. The smallest absolute Gasteiger partial charge is 0.101 e. The normalized spacial score (nSPS) is 15.8. The maximum atomic E-state index is 9.27. The van der Waals surface area contributed by atoms with Crippen molar-refractivity contribution in [1.29, 1.82) is 10.5 Å². The molecular weight excluding hydrogens is 260 g/mol. The maximum absolute atomic E-state index is 9.27. The fourth-order valence-electron chi connectivity index (χ4n) is 2.70. The van der Waals surface area contributed by atoms with Gasteiger partial charge in [-0.15, -0.1) is 0 Å². The molecule has 4 heteroatoms. The van der Waals surface area contributed by atoms with E-state index in [0.29, 0.717) is 11.1 Å². The third kappa shape index (κ3) is 3.74. The second-order valence-corrected chi connectivity index (χ2v) is 5.94. The SMILES string of the molecule is CC(C)CCN1CCN(c2c(C#N)cccc2C#N)CC1. The molecular formula is C17H22N4. The van der Waals surface area contributed by atoms with E-state index in [4.69, 9.17) is 0 Å². The van der Waals surface area contributed by atoms with E-state index in [1.807, 2.05) is 0 Å². The van der Waals surface area contributed by atoms with Gasteiger partial charge in [0.2, 0.25) is 0 Å². The molecule has 4 nitrogen and oxygen atoms in total. The van der Waals surface area contributed by atoms with Crippen LogP contribution >= 0.6 is 0 Å². The lowest BCUT2D eigenvalue weighted by atomic mass is 10.1. The van der Waals surface area contributed by atoms with Crippen LogP contribution in [0.25, 0.3) is 0 Å². The Bertz CT molecular complexity index is 525. The van der Waals surface area contributed by atoms with Crippen molar-refractivity contribution in [2.45, 2.75) is 20.3 Å². The van der Waals surface area contributed by atoms with Gasteiger partial charge < -0.3 is 4.90 Å². The number of hydrogen-bond donors (Lipinski definition) is 0. The average molecular weight is 282 g/mol. The summed E-state index contributed by atoms with van der Waals surface area (Å²) < 4.78 is 0. The molecule has 1 saturated heterocycles. The van der Waals surface area contributed by atoms with Gasteiger partial charge in [-0.05, 0) is 31.0 Å². The van der Waals surface area contributed by atoms with Crippen LogP contribution in [0.2, 0.25) is 0 Å².